The van der Waals surface area contributed by atoms with Gasteiger partial charge in [0, 0.05) is 36.1 Å². The van der Waals surface area contributed by atoms with Crippen LogP contribution in [0.3, 0.4) is 0 Å². The predicted octanol–water partition coefficient (Wildman–Crippen LogP) is 2.48. The summed E-state index contributed by atoms with van der Waals surface area (Å²) in [6.45, 7) is 1.88. The van der Waals surface area contributed by atoms with Crippen LogP contribution in [0.4, 0.5) is 17.2 Å². The molecule has 0 aliphatic heterocycles. The molecular weight excluding hydrogens is 412 g/mol. The minimum absolute atomic E-state index is 0.0850. The lowest BCUT2D eigenvalue weighted by atomic mass is 10.0. The minimum atomic E-state index is -1.14. The number of hydrogen-bond acceptors (Lipinski definition) is 8. The summed E-state index contributed by atoms with van der Waals surface area (Å²) < 4.78 is 5.14. The maximum atomic E-state index is 11.8. The lowest BCUT2D eigenvalue weighted by Gasteiger charge is -2.19. The second-order valence-electron chi connectivity index (χ2n) is 7.11. The van der Waals surface area contributed by atoms with E-state index in [0.29, 0.717) is 5.82 Å². The quantitative estimate of drug-likeness (QED) is 0.341. The fourth-order valence-electron chi connectivity index (χ4n) is 3.36. The van der Waals surface area contributed by atoms with E-state index in [9.17, 15) is 19.5 Å². The van der Waals surface area contributed by atoms with Gasteiger partial charge in [0.15, 0.2) is 5.75 Å². The molecule has 0 fully saturated rings. The molecule has 2 aromatic heterocycles. The summed E-state index contributed by atoms with van der Waals surface area (Å²) in [6.07, 6.45) is 5.27. The van der Waals surface area contributed by atoms with Gasteiger partial charge < -0.3 is 20.5 Å². The van der Waals surface area contributed by atoms with Gasteiger partial charge in [-0.2, -0.15) is 0 Å². The molecule has 0 amide bonds. The highest BCUT2D eigenvalue weighted by Gasteiger charge is 2.27. The fraction of sp³-hybridized carbons (Fsp3) is 0.174. The standard InChI is InChI=1S/C23H20N4O5/c1-2-32-21-18(19(28)20(21)29)27-17(23(30)31)11-13-3-5-15(6-4-13)26-22-16-12-24-9-7-14(16)8-10-25-22/h3-10,12,17,27H,2,11H2,1H3,(H,25,26)(H,30,31)/t17-/m0/s1. The molecule has 0 aliphatic rings. The zero-order valence-electron chi connectivity index (χ0n) is 17.2. The Morgan fingerprint density at radius 2 is 1.84 bits per heavy atom. The lowest BCUT2D eigenvalue weighted by molar-refractivity contribution is -0.137. The van der Waals surface area contributed by atoms with E-state index in [4.69, 9.17) is 4.74 Å². The number of aliphatic carboxylic acids is 1. The molecular formula is C23H20N4O5. The number of anilines is 3. The van der Waals surface area contributed by atoms with Gasteiger partial charge >= 0.3 is 5.97 Å². The summed E-state index contributed by atoms with van der Waals surface area (Å²) in [5, 5.41) is 17.3. The molecule has 9 heteroatoms. The molecule has 4 aromatic rings. The first kappa shape index (κ1) is 21.0. The molecule has 0 radical (unpaired) electrons. The van der Waals surface area contributed by atoms with E-state index in [-0.39, 0.29) is 24.5 Å². The van der Waals surface area contributed by atoms with Crippen molar-refractivity contribution in [3.8, 4) is 5.75 Å². The van der Waals surface area contributed by atoms with Crippen LogP contribution in [0.15, 0.2) is 64.6 Å². The molecule has 0 aliphatic carbocycles. The van der Waals surface area contributed by atoms with Crippen LogP contribution in [0, 0.1) is 0 Å². The number of benzene rings is 1. The fourth-order valence-corrected chi connectivity index (χ4v) is 3.36. The van der Waals surface area contributed by atoms with Crippen LogP contribution in [0.2, 0.25) is 0 Å². The molecule has 0 unspecified atom stereocenters. The van der Waals surface area contributed by atoms with Gasteiger partial charge in [0.25, 0.3) is 10.9 Å². The van der Waals surface area contributed by atoms with Crippen molar-refractivity contribution in [3.05, 3.63) is 81.0 Å². The van der Waals surface area contributed by atoms with Crippen LogP contribution in [-0.2, 0) is 11.2 Å². The molecule has 1 atom stereocenters. The number of pyridine rings is 2. The largest absolute Gasteiger partial charge is 0.488 e. The number of aromatic nitrogens is 2. The Balaban J connectivity index is 1.48. The molecule has 32 heavy (non-hydrogen) atoms. The van der Waals surface area contributed by atoms with E-state index in [1.807, 2.05) is 24.3 Å². The van der Waals surface area contributed by atoms with Crippen LogP contribution >= 0.6 is 0 Å². The predicted molar refractivity (Wildman–Crippen MR) is 121 cm³/mol. The Labute approximate surface area is 182 Å². The van der Waals surface area contributed by atoms with Crippen molar-refractivity contribution in [1.82, 2.24) is 9.97 Å². The van der Waals surface area contributed by atoms with Crippen molar-refractivity contribution >= 4 is 33.9 Å². The summed E-state index contributed by atoms with van der Waals surface area (Å²) in [7, 11) is 0. The van der Waals surface area contributed by atoms with Crippen LogP contribution in [0.25, 0.3) is 10.8 Å². The first-order valence-corrected chi connectivity index (χ1v) is 9.98. The third-order valence-electron chi connectivity index (χ3n) is 5.00. The number of fused-ring (bicyclic) bond motifs is 1. The van der Waals surface area contributed by atoms with Crippen LogP contribution in [0.1, 0.15) is 12.5 Å². The number of nitrogens with zero attached hydrogens (tertiary/aromatic N) is 2. The van der Waals surface area contributed by atoms with E-state index in [2.05, 4.69) is 20.6 Å². The van der Waals surface area contributed by atoms with Crippen molar-refractivity contribution < 1.29 is 14.6 Å². The molecule has 2 heterocycles. The number of ether oxygens (including phenoxy) is 1. The first-order chi connectivity index (χ1) is 15.5. The normalized spacial score (nSPS) is 11.9. The average Bonchev–Trinajstić information content (AvgIpc) is 2.81. The summed E-state index contributed by atoms with van der Waals surface area (Å²) in [5.74, 6) is -0.590. The summed E-state index contributed by atoms with van der Waals surface area (Å²) in [5.41, 5.74) is -0.0844. The summed E-state index contributed by atoms with van der Waals surface area (Å²) in [6, 6.07) is 9.90. The van der Waals surface area contributed by atoms with E-state index in [0.717, 1.165) is 22.0 Å². The van der Waals surface area contributed by atoms with Crippen molar-refractivity contribution in [2.24, 2.45) is 0 Å². The van der Waals surface area contributed by atoms with Gasteiger partial charge in [-0.1, -0.05) is 12.1 Å². The smallest absolute Gasteiger partial charge is 0.326 e. The Hall–Kier alpha value is -4.27. The second-order valence-corrected chi connectivity index (χ2v) is 7.11. The monoisotopic (exact) mass is 432 g/mol. The molecule has 2 aromatic carbocycles. The van der Waals surface area contributed by atoms with E-state index in [1.165, 1.54) is 0 Å². The van der Waals surface area contributed by atoms with E-state index >= 15 is 0 Å². The maximum absolute atomic E-state index is 11.8. The van der Waals surface area contributed by atoms with Crippen LogP contribution in [-0.4, -0.2) is 33.7 Å². The Morgan fingerprint density at radius 1 is 1.09 bits per heavy atom. The molecule has 9 nitrogen and oxygen atoms in total. The van der Waals surface area contributed by atoms with Gasteiger partial charge in [0.1, 0.15) is 17.5 Å². The van der Waals surface area contributed by atoms with Gasteiger partial charge in [-0.15, -0.1) is 0 Å². The molecule has 3 N–H and O–H groups in total. The van der Waals surface area contributed by atoms with Crippen molar-refractivity contribution in [1.29, 1.82) is 0 Å². The Bertz CT molecular complexity index is 1340. The molecule has 0 saturated carbocycles. The van der Waals surface area contributed by atoms with Crippen LogP contribution in [0.5, 0.6) is 5.75 Å². The van der Waals surface area contributed by atoms with Crippen LogP contribution < -0.4 is 26.2 Å². The van der Waals surface area contributed by atoms with Gasteiger partial charge in [0.05, 0.1) is 6.61 Å². The van der Waals surface area contributed by atoms with Crippen molar-refractivity contribution in [3.63, 3.8) is 0 Å². The maximum Gasteiger partial charge on any atom is 0.326 e. The molecule has 0 bridgehead atoms. The molecule has 4 rings (SSSR count). The van der Waals surface area contributed by atoms with E-state index < -0.39 is 22.9 Å². The number of hydrogen-bond donors (Lipinski definition) is 3. The minimum Gasteiger partial charge on any atom is -0.488 e. The first-order valence-electron chi connectivity index (χ1n) is 9.98. The number of rotatable bonds is 9. The third-order valence-corrected chi connectivity index (χ3v) is 5.00. The summed E-state index contributed by atoms with van der Waals surface area (Å²) in [4.78, 5) is 43.6. The number of nitrogens with one attached hydrogen (secondary N) is 2. The summed E-state index contributed by atoms with van der Waals surface area (Å²) >= 11 is 0. The molecule has 162 valence electrons. The number of carboxylic acid groups (broad SMARTS) is 1. The number of carboxylic acids is 1. The highest BCUT2D eigenvalue weighted by molar-refractivity contribution is 5.92. The van der Waals surface area contributed by atoms with Gasteiger partial charge in [-0.3, -0.25) is 14.6 Å². The zero-order chi connectivity index (χ0) is 22.7. The van der Waals surface area contributed by atoms with Gasteiger partial charge in [-0.25, -0.2) is 9.78 Å². The van der Waals surface area contributed by atoms with Crippen molar-refractivity contribution in [2.45, 2.75) is 19.4 Å². The van der Waals surface area contributed by atoms with Gasteiger partial charge in [0.2, 0.25) is 0 Å². The highest BCUT2D eigenvalue weighted by Crippen LogP contribution is 2.24. The zero-order valence-corrected chi connectivity index (χ0v) is 17.2. The average molecular weight is 432 g/mol. The topological polar surface area (TPSA) is 131 Å². The molecule has 0 saturated heterocycles. The SMILES string of the molecule is CCOc1c(N[C@@H](Cc2ccc(Nc3nccc4ccncc34)cc2)C(=O)O)c(=O)c1=O. The Morgan fingerprint density at radius 3 is 2.56 bits per heavy atom. The number of carbonyl (C=O) groups is 1. The third kappa shape index (κ3) is 4.13. The van der Waals surface area contributed by atoms with E-state index in [1.54, 1.807) is 37.6 Å². The highest BCUT2D eigenvalue weighted by atomic mass is 16.5. The second kappa shape index (κ2) is 8.84. The van der Waals surface area contributed by atoms with Crippen molar-refractivity contribution in [2.75, 3.05) is 17.2 Å². The van der Waals surface area contributed by atoms with Gasteiger partial charge in [-0.05, 0) is 42.1 Å². The molecule has 0 spiro atoms. The Kier molecular flexibility index (Phi) is 5.80. The lowest BCUT2D eigenvalue weighted by Crippen LogP contribution is -2.41.